The van der Waals surface area contributed by atoms with Crippen LogP contribution in [0.3, 0.4) is 0 Å². The molecule has 8 heteroatoms. The molecule has 0 unspecified atom stereocenters. The maximum atomic E-state index is 11.8. The Morgan fingerprint density at radius 2 is 2.19 bits per heavy atom. The molecule has 0 bridgehead atoms. The van der Waals surface area contributed by atoms with Crippen LogP contribution >= 0.6 is 15.9 Å². The molecule has 2 rings (SSSR count). The average Bonchev–Trinajstić information content (AvgIpc) is 2.84. The van der Waals surface area contributed by atoms with Gasteiger partial charge < -0.3 is 15.7 Å². The van der Waals surface area contributed by atoms with Gasteiger partial charge in [0.05, 0.1) is 17.4 Å². The summed E-state index contributed by atoms with van der Waals surface area (Å²) >= 11 is 3.26. The maximum absolute atomic E-state index is 11.8. The SMILES string of the molecule is Cc1[nH]ncc1CNC(=O)Nc1cc(C(=O)O)ccc1Br. The second kappa shape index (κ2) is 6.40. The van der Waals surface area contributed by atoms with Gasteiger partial charge >= 0.3 is 12.0 Å². The average molecular weight is 353 g/mol. The van der Waals surface area contributed by atoms with Crippen LogP contribution in [-0.4, -0.2) is 27.3 Å². The summed E-state index contributed by atoms with van der Waals surface area (Å²) in [5.41, 5.74) is 2.24. The minimum absolute atomic E-state index is 0.0965. The number of aromatic amines is 1. The summed E-state index contributed by atoms with van der Waals surface area (Å²) in [6.07, 6.45) is 1.64. The van der Waals surface area contributed by atoms with Crippen molar-refractivity contribution >= 4 is 33.6 Å². The first-order valence-corrected chi connectivity index (χ1v) is 6.83. The lowest BCUT2D eigenvalue weighted by atomic mass is 10.2. The van der Waals surface area contributed by atoms with Gasteiger partial charge in [0.25, 0.3) is 0 Å². The van der Waals surface area contributed by atoms with E-state index in [1.54, 1.807) is 12.3 Å². The van der Waals surface area contributed by atoms with E-state index < -0.39 is 12.0 Å². The number of carboxylic acid groups (broad SMARTS) is 1. The van der Waals surface area contributed by atoms with Gasteiger partial charge in [-0.2, -0.15) is 5.10 Å². The summed E-state index contributed by atoms with van der Waals surface area (Å²) in [7, 11) is 0. The number of carboxylic acids is 1. The lowest BCUT2D eigenvalue weighted by Gasteiger charge is -2.09. The van der Waals surface area contributed by atoms with Crippen molar-refractivity contribution < 1.29 is 14.7 Å². The minimum Gasteiger partial charge on any atom is -0.478 e. The van der Waals surface area contributed by atoms with Crippen molar-refractivity contribution in [1.82, 2.24) is 15.5 Å². The van der Waals surface area contributed by atoms with Crippen LogP contribution in [0.4, 0.5) is 10.5 Å². The Hall–Kier alpha value is -2.35. The largest absolute Gasteiger partial charge is 0.478 e. The highest BCUT2D eigenvalue weighted by atomic mass is 79.9. The zero-order chi connectivity index (χ0) is 15.4. The number of nitrogens with one attached hydrogen (secondary N) is 3. The molecule has 110 valence electrons. The molecule has 0 saturated heterocycles. The highest BCUT2D eigenvalue weighted by Gasteiger charge is 2.10. The molecule has 21 heavy (non-hydrogen) atoms. The van der Waals surface area contributed by atoms with Crippen molar-refractivity contribution in [1.29, 1.82) is 0 Å². The summed E-state index contributed by atoms with van der Waals surface area (Å²) in [6.45, 7) is 2.18. The van der Waals surface area contributed by atoms with Crippen LogP contribution in [0.1, 0.15) is 21.6 Å². The minimum atomic E-state index is -1.06. The van der Waals surface area contributed by atoms with Crippen LogP contribution in [0.5, 0.6) is 0 Å². The van der Waals surface area contributed by atoms with E-state index >= 15 is 0 Å². The third-order valence-electron chi connectivity index (χ3n) is 2.84. The van der Waals surface area contributed by atoms with Crippen LogP contribution in [0.15, 0.2) is 28.9 Å². The molecule has 1 aromatic carbocycles. The summed E-state index contributed by atoms with van der Waals surface area (Å²) in [5.74, 6) is -1.06. The molecule has 0 aliphatic heterocycles. The van der Waals surface area contributed by atoms with E-state index in [0.717, 1.165) is 11.3 Å². The van der Waals surface area contributed by atoms with Gasteiger partial charge in [0.2, 0.25) is 0 Å². The Labute approximate surface area is 128 Å². The number of aromatic carboxylic acids is 1. The molecular formula is C13H13BrN4O3. The van der Waals surface area contributed by atoms with Gasteiger partial charge in [-0.15, -0.1) is 0 Å². The fourth-order valence-corrected chi connectivity index (χ4v) is 2.00. The molecule has 0 radical (unpaired) electrons. The van der Waals surface area contributed by atoms with E-state index in [-0.39, 0.29) is 5.56 Å². The number of halogens is 1. The van der Waals surface area contributed by atoms with Crippen molar-refractivity contribution in [3.05, 3.63) is 45.7 Å². The molecule has 0 fully saturated rings. The fraction of sp³-hybridized carbons (Fsp3) is 0.154. The van der Waals surface area contributed by atoms with Gasteiger partial charge in [-0.3, -0.25) is 5.10 Å². The number of nitrogens with zero attached hydrogens (tertiary/aromatic N) is 1. The first-order valence-electron chi connectivity index (χ1n) is 6.04. The number of hydrogen-bond donors (Lipinski definition) is 4. The molecule has 1 heterocycles. The van der Waals surface area contributed by atoms with Crippen molar-refractivity contribution in [2.45, 2.75) is 13.5 Å². The second-order valence-corrected chi connectivity index (χ2v) is 5.18. The van der Waals surface area contributed by atoms with E-state index in [4.69, 9.17) is 5.11 Å². The second-order valence-electron chi connectivity index (χ2n) is 4.33. The van der Waals surface area contributed by atoms with Crippen LogP contribution < -0.4 is 10.6 Å². The first kappa shape index (κ1) is 15.0. The predicted octanol–water partition coefficient (Wildman–Crippen LogP) is 2.50. The van der Waals surface area contributed by atoms with Gasteiger partial charge in [0, 0.05) is 22.3 Å². The Morgan fingerprint density at radius 3 is 2.81 bits per heavy atom. The number of urea groups is 1. The number of aromatic nitrogens is 2. The number of H-pyrrole nitrogens is 1. The fourth-order valence-electron chi connectivity index (χ4n) is 1.65. The number of carbonyl (C=O) groups is 2. The molecule has 0 aliphatic carbocycles. The van der Waals surface area contributed by atoms with Crippen molar-refractivity contribution in [3.8, 4) is 0 Å². The van der Waals surface area contributed by atoms with Crippen LogP contribution in [0.25, 0.3) is 0 Å². The Bertz CT molecular complexity index is 684. The van der Waals surface area contributed by atoms with Gasteiger partial charge in [-0.05, 0) is 41.1 Å². The summed E-state index contributed by atoms with van der Waals surface area (Å²) in [5, 5.41) is 20.8. The van der Waals surface area contributed by atoms with Crippen molar-refractivity contribution in [3.63, 3.8) is 0 Å². The normalized spacial score (nSPS) is 10.2. The molecule has 0 saturated carbocycles. The maximum Gasteiger partial charge on any atom is 0.335 e. The topological polar surface area (TPSA) is 107 Å². The van der Waals surface area contributed by atoms with Crippen LogP contribution in [-0.2, 0) is 6.54 Å². The summed E-state index contributed by atoms with van der Waals surface area (Å²) < 4.78 is 0.599. The number of rotatable bonds is 4. The van der Waals surface area contributed by atoms with Crippen LogP contribution in [0.2, 0.25) is 0 Å². The molecule has 1 aromatic heterocycles. The first-order chi connectivity index (χ1) is 9.97. The quantitative estimate of drug-likeness (QED) is 0.677. The molecule has 0 aliphatic rings. The zero-order valence-electron chi connectivity index (χ0n) is 11.1. The lowest BCUT2D eigenvalue weighted by Crippen LogP contribution is -2.28. The monoisotopic (exact) mass is 352 g/mol. The Kier molecular flexibility index (Phi) is 4.59. The number of amides is 2. The highest BCUT2D eigenvalue weighted by molar-refractivity contribution is 9.10. The molecule has 0 atom stereocenters. The third kappa shape index (κ3) is 3.82. The number of benzene rings is 1. The van der Waals surface area contributed by atoms with Crippen LogP contribution in [0, 0.1) is 6.92 Å². The standard InChI is InChI=1S/C13H13BrN4O3/c1-7-9(6-16-18-7)5-15-13(21)17-11-4-8(12(19)20)2-3-10(11)14/h2-4,6H,5H2,1H3,(H,16,18)(H,19,20)(H2,15,17,21). The van der Waals surface area contributed by atoms with Gasteiger partial charge in [0.15, 0.2) is 0 Å². The summed E-state index contributed by atoms with van der Waals surface area (Å²) in [6, 6.07) is 3.97. The predicted molar refractivity (Wildman–Crippen MR) is 80.3 cm³/mol. The lowest BCUT2D eigenvalue weighted by molar-refractivity contribution is 0.0697. The van der Waals surface area contributed by atoms with E-state index in [2.05, 4.69) is 36.8 Å². The van der Waals surface area contributed by atoms with Gasteiger partial charge in [-0.25, -0.2) is 9.59 Å². The zero-order valence-corrected chi connectivity index (χ0v) is 12.7. The summed E-state index contributed by atoms with van der Waals surface area (Å²) in [4.78, 5) is 22.7. The molecule has 0 spiro atoms. The molecule has 4 N–H and O–H groups in total. The highest BCUT2D eigenvalue weighted by Crippen LogP contribution is 2.23. The third-order valence-corrected chi connectivity index (χ3v) is 3.53. The van der Waals surface area contributed by atoms with E-state index in [0.29, 0.717) is 16.7 Å². The molecular weight excluding hydrogens is 340 g/mol. The number of anilines is 1. The van der Waals surface area contributed by atoms with Crippen molar-refractivity contribution in [2.75, 3.05) is 5.32 Å². The number of hydrogen-bond acceptors (Lipinski definition) is 3. The van der Waals surface area contributed by atoms with E-state index in [1.807, 2.05) is 6.92 Å². The number of aryl methyl sites for hydroxylation is 1. The Balaban J connectivity index is 2.01. The molecule has 2 aromatic rings. The van der Waals surface area contributed by atoms with Gasteiger partial charge in [-0.1, -0.05) is 0 Å². The van der Waals surface area contributed by atoms with E-state index in [1.165, 1.54) is 12.1 Å². The van der Waals surface area contributed by atoms with E-state index in [9.17, 15) is 9.59 Å². The molecule has 7 nitrogen and oxygen atoms in total. The smallest absolute Gasteiger partial charge is 0.335 e. The number of carbonyl (C=O) groups excluding carboxylic acids is 1. The van der Waals surface area contributed by atoms with Gasteiger partial charge in [0.1, 0.15) is 0 Å². The molecule has 2 amide bonds. The Morgan fingerprint density at radius 1 is 1.43 bits per heavy atom. The van der Waals surface area contributed by atoms with Crippen molar-refractivity contribution in [2.24, 2.45) is 0 Å².